The van der Waals surface area contributed by atoms with Crippen LogP contribution < -0.4 is 0 Å². The van der Waals surface area contributed by atoms with Crippen LogP contribution in [0.4, 0.5) is 0 Å². The minimum absolute atomic E-state index is 0. The predicted molar refractivity (Wildman–Crippen MR) is 117 cm³/mol. The van der Waals surface area contributed by atoms with E-state index in [0.717, 1.165) is 11.1 Å². The Morgan fingerprint density at radius 1 is 0.818 bits per heavy atom. The summed E-state index contributed by atoms with van der Waals surface area (Å²) < 4.78 is 49.5. The topological polar surface area (TPSA) is 97.1 Å². The van der Waals surface area contributed by atoms with Gasteiger partial charge in [-0.05, 0) is 24.6 Å². The van der Waals surface area contributed by atoms with Gasteiger partial charge in [-0.1, -0.05) is 80.1 Å². The fraction of sp³-hybridized carbons (Fsp3) is 0.320. The fourth-order valence-electron chi connectivity index (χ4n) is 3.33. The minimum atomic E-state index is -3.54. The molecule has 8 heteroatoms. The molecule has 2 aromatic carbocycles. The maximum Gasteiger partial charge on any atom is 2.00 e. The van der Waals surface area contributed by atoms with E-state index < -0.39 is 10.0 Å². The Hall–Kier alpha value is -2.16. The molecular weight excluding hydrogens is 610 g/mol. The maximum atomic E-state index is 12.8. The van der Waals surface area contributed by atoms with Crippen LogP contribution >= 0.6 is 0 Å². The summed E-state index contributed by atoms with van der Waals surface area (Å²) in [5.74, 6) is 0. The second kappa shape index (κ2) is 19.3. The van der Waals surface area contributed by atoms with E-state index in [-0.39, 0.29) is 27.1 Å². The number of rotatable bonds is 3. The van der Waals surface area contributed by atoms with E-state index in [1.165, 1.54) is 36.4 Å². The van der Waals surface area contributed by atoms with Gasteiger partial charge in [-0.25, -0.2) is 8.42 Å². The average molecular weight is 636 g/mol. The van der Waals surface area contributed by atoms with Crippen molar-refractivity contribution in [1.29, 1.82) is 0 Å². The number of hydrogen-bond donors (Lipinski definition) is 0. The quantitative estimate of drug-likeness (QED) is 0.339. The van der Waals surface area contributed by atoms with Gasteiger partial charge in [-0.2, -0.15) is 12.6 Å². The first-order valence-corrected chi connectivity index (χ1v) is 11.4. The molecule has 0 radical (unpaired) electrons. The van der Waals surface area contributed by atoms with Crippen molar-refractivity contribution in [1.82, 2.24) is 4.31 Å². The Bertz CT molecular complexity index is 941. The largest absolute Gasteiger partial charge is 2.00 e. The van der Waals surface area contributed by atoms with E-state index in [2.05, 4.69) is 26.0 Å². The van der Waals surface area contributed by atoms with Gasteiger partial charge in [0.1, 0.15) is 0 Å². The van der Waals surface area contributed by atoms with Crippen molar-refractivity contribution < 1.29 is 43.4 Å². The normalized spacial score (nSPS) is 15.4. The van der Waals surface area contributed by atoms with Crippen molar-refractivity contribution in [2.75, 3.05) is 0 Å². The van der Waals surface area contributed by atoms with Gasteiger partial charge >= 0.3 is 55.0 Å². The van der Waals surface area contributed by atoms with Gasteiger partial charge in [-0.3, -0.25) is 0 Å². The van der Waals surface area contributed by atoms with E-state index in [1.54, 1.807) is 18.3 Å². The van der Waals surface area contributed by atoms with Crippen LogP contribution in [0.1, 0.15) is 55.7 Å². The standard InChI is InChI=1S/C17H16NO2S.C5H10.3CO.W/c1-14-9-11-16(12-10-14)21(19,20)18-13-5-8-17(18)15-6-3-2-4-7-15;1-2-4-5-3-1;3*1-2;/h2-4,6-7,9-13,17H,8H2,1H3;1-5H2;;;;/q-1;;;;;+2. The second-order valence-electron chi connectivity index (χ2n) is 6.88. The third-order valence-electron chi connectivity index (χ3n) is 4.87. The molecular formula is C25H26NO5SW+. The summed E-state index contributed by atoms with van der Waals surface area (Å²) in [6, 6.07) is 16.4. The Balaban J connectivity index is 0. The van der Waals surface area contributed by atoms with E-state index in [0.29, 0.717) is 11.3 Å². The summed E-state index contributed by atoms with van der Waals surface area (Å²) in [4.78, 5) is 0.314. The van der Waals surface area contributed by atoms with Gasteiger partial charge in [0.2, 0.25) is 0 Å². The summed E-state index contributed by atoms with van der Waals surface area (Å²) in [6.45, 7) is 15.4. The Morgan fingerprint density at radius 3 is 1.73 bits per heavy atom. The summed E-state index contributed by atoms with van der Waals surface area (Å²) in [7, 11) is -3.54. The first kappa shape index (κ1) is 33.0. The molecule has 1 atom stereocenters. The fourth-order valence-corrected chi connectivity index (χ4v) is 4.79. The Kier molecular flexibility index (Phi) is 19.3. The molecule has 0 amide bonds. The van der Waals surface area contributed by atoms with Crippen LogP contribution in [0.2, 0.25) is 0 Å². The average Bonchev–Trinajstić information content (AvgIpc) is 3.60. The third kappa shape index (κ3) is 10.5. The molecule has 33 heavy (non-hydrogen) atoms. The van der Waals surface area contributed by atoms with Crippen LogP contribution in [0.25, 0.3) is 0 Å². The number of benzene rings is 2. The molecule has 6 nitrogen and oxygen atoms in total. The minimum Gasteiger partial charge on any atom is 2.00 e. The molecule has 1 heterocycles. The molecule has 0 N–H and O–H groups in total. The smallest absolute Gasteiger partial charge is 2.00 e. The second-order valence-corrected chi connectivity index (χ2v) is 8.72. The van der Waals surface area contributed by atoms with Gasteiger partial charge in [0.25, 0.3) is 10.0 Å². The van der Waals surface area contributed by atoms with E-state index >= 15 is 0 Å². The molecule has 1 unspecified atom stereocenters. The van der Waals surface area contributed by atoms with Crippen LogP contribution in [0.5, 0.6) is 0 Å². The van der Waals surface area contributed by atoms with Crippen LogP contribution in [-0.2, 0) is 45.0 Å². The molecule has 0 saturated heterocycles. The number of nitrogens with zero attached hydrogens (tertiary/aromatic N) is 1. The summed E-state index contributed by atoms with van der Waals surface area (Å²) in [5.41, 5.74) is 2.02. The monoisotopic (exact) mass is 636 g/mol. The van der Waals surface area contributed by atoms with E-state index in [1.807, 2.05) is 49.4 Å². The summed E-state index contributed by atoms with van der Waals surface area (Å²) in [5, 5.41) is 0. The first-order valence-electron chi connectivity index (χ1n) is 9.92. The van der Waals surface area contributed by atoms with Crippen LogP contribution in [0.15, 0.2) is 65.7 Å². The van der Waals surface area contributed by atoms with E-state index in [9.17, 15) is 8.42 Å². The van der Waals surface area contributed by atoms with Crippen molar-refractivity contribution in [2.24, 2.45) is 0 Å². The number of sulfonamides is 1. The van der Waals surface area contributed by atoms with Gasteiger partial charge in [0.15, 0.2) is 0 Å². The molecule has 0 bridgehead atoms. The molecule has 1 aliphatic carbocycles. The van der Waals surface area contributed by atoms with Crippen molar-refractivity contribution in [3.63, 3.8) is 0 Å². The molecule has 172 valence electrons. The van der Waals surface area contributed by atoms with Crippen molar-refractivity contribution in [2.45, 2.75) is 56.4 Å². The first-order chi connectivity index (χ1) is 15.6. The SMILES string of the molecule is C1CCCC1.Cc1ccc(S(=O)(=O)N2C=[C-]CC2c2ccccc2)cc1.[C-]#[O+].[C-]#[O+].[C-]#[O+].[W+2]. The molecule has 0 spiro atoms. The maximum absolute atomic E-state index is 12.8. The summed E-state index contributed by atoms with van der Waals surface area (Å²) >= 11 is 0. The predicted octanol–water partition coefficient (Wildman–Crippen LogP) is 5.28. The third-order valence-corrected chi connectivity index (χ3v) is 6.65. The van der Waals surface area contributed by atoms with Crippen LogP contribution in [-0.4, -0.2) is 12.7 Å². The zero-order chi connectivity index (χ0) is 24.4. The van der Waals surface area contributed by atoms with Gasteiger partial charge < -0.3 is 10.4 Å². The molecule has 1 saturated carbocycles. The Labute approximate surface area is 211 Å². The van der Waals surface area contributed by atoms with Crippen molar-refractivity contribution in [3.05, 3.63) is 98.0 Å². The van der Waals surface area contributed by atoms with E-state index in [4.69, 9.17) is 14.0 Å². The molecule has 1 fully saturated rings. The van der Waals surface area contributed by atoms with Gasteiger partial charge in [-0.15, -0.1) is 0 Å². The zero-order valence-electron chi connectivity index (χ0n) is 18.4. The van der Waals surface area contributed by atoms with Crippen molar-refractivity contribution >= 4 is 10.0 Å². The van der Waals surface area contributed by atoms with Crippen molar-refractivity contribution in [3.8, 4) is 0 Å². The van der Waals surface area contributed by atoms with Gasteiger partial charge in [0.05, 0.1) is 4.90 Å². The Morgan fingerprint density at radius 2 is 1.27 bits per heavy atom. The number of aryl methyl sites for hydroxylation is 1. The molecule has 0 aromatic heterocycles. The van der Waals surface area contributed by atoms with Crippen LogP contribution in [0, 0.1) is 33.0 Å². The zero-order valence-corrected chi connectivity index (χ0v) is 22.1. The summed E-state index contributed by atoms with van der Waals surface area (Å²) in [6.07, 6.45) is 12.7. The van der Waals surface area contributed by atoms with Crippen LogP contribution in [0.3, 0.4) is 0 Å². The molecule has 2 aliphatic rings. The molecule has 1 aliphatic heterocycles. The molecule has 2 aromatic rings. The van der Waals surface area contributed by atoms with Gasteiger partial charge in [0, 0.05) is 6.04 Å². The number of hydrogen-bond acceptors (Lipinski definition) is 2. The molecule has 4 rings (SSSR count).